The molecule has 0 spiro atoms. The fourth-order valence-electron chi connectivity index (χ4n) is 3.85. The summed E-state index contributed by atoms with van der Waals surface area (Å²) in [7, 11) is -3.58. The van der Waals surface area contributed by atoms with Crippen LogP contribution in [-0.2, 0) is 18.8 Å². The molecule has 3 aromatic carbocycles. The predicted octanol–water partition coefficient (Wildman–Crippen LogP) is 6.00. The van der Waals surface area contributed by atoms with Gasteiger partial charge in [0.05, 0.1) is 12.7 Å². The Morgan fingerprint density at radius 3 is 1.56 bits per heavy atom. The first-order chi connectivity index (χ1) is 13.2. The third-order valence-electron chi connectivity index (χ3n) is 5.09. The Kier molecular flexibility index (Phi) is 5.01. The van der Waals surface area contributed by atoms with Crippen molar-refractivity contribution in [1.82, 2.24) is 0 Å². The van der Waals surface area contributed by atoms with E-state index in [0.29, 0.717) is 6.61 Å². The van der Waals surface area contributed by atoms with Gasteiger partial charge in [-0.05, 0) is 30.0 Å². The average Bonchev–Trinajstić information content (AvgIpc) is 2.71. The van der Waals surface area contributed by atoms with Gasteiger partial charge in [-0.1, -0.05) is 91.0 Å². The Hall–Kier alpha value is -2.19. The lowest BCUT2D eigenvalue weighted by Crippen LogP contribution is -2.35. The second-order valence-corrected chi connectivity index (χ2v) is 8.98. The van der Waals surface area contributed by atoms with E-state index in [1.165, 1.54) is 0 Å². The molecule has 2 atom stereocenters. The zero-order valence-corrected chi connectivity index (χ0v) is 16.2. The maximum Gasteiger partial charge on any atom is 0.350 e. The first-order valence-electron chi connectivity index (χ1n) is 9.26. The minimum atomic E-state index is -3.58. The number of rotatable bonds is 4. The minimum Gasteiger partial charge on any atom is -0.307 e. The fourth-order valence-corrected chi connectivity index (χ4v) is 6.58. The zero-order valence-electron chi connectivity index (χ0n) is 15.3. The summed E-state index contributed by atoms with van der Waals surface area (Å²) < 4.78 is 26.6. The van der Waals surface area contributed by atoms with Crippen molar-refractivity contribution in [1.29, 1.82) is 0 Å². The van der Waals surface area contributed by atoms with Crippen LogP contribution in [-0.4, -0.2) is 12.7 Å². The highest BCUT2D eigenvalue weighted by molar-refractivity contribution is 7.55. The van der Waals surface area contributed by atoms with Gasteiger partial charge in [0, 0.05) is 0 Å². The first kappa shape index (κ1) is 18.2. The van der Waals surface area contributed by atoms with Crippen molar-refractivity contribution in [3.63, 3.8) is 0 Å². The average molecular weight is 378 g/mol. The summed E-state index contributed by atoms with van der Waals surface area (Å²) in [4.78, 5) is 0. The lowest BCUT2D eigenvalue weighted by molar-refractivity contribution is 0.0844. The SMILES string of the molecule is C[C@H]1CCO[P@@](=O)(C(c2ccccc2)(c2ccccc2)c2ccccc2)O1. The molecule has 1 fully saturated rings. The summed E-state index contributed by atoms with van der Waals surface area (Å²) in [5.74, 6) is 0. The summed E-state index contributed by atoms with van der Waals surface area (Å²) in [5.41, 5.74) is 2.71. The molecule has 0 saturated carbocycles. The highest BCUT2D eigenvalue weighted by Crippen LogP contribution is 2.72. The number of benzene rings is 3. The smallest absolute Gasteiger partial charge is 0.307 e. The van der Waals surface area contributed by atoms with E-state index in [-0.39, 0.29) is 6.10 Å². The van der Waals surface area contributed by atoms with Crippen molar-refractivity contribution < 1.29 is 13.6 Å². The first-order valence-corrected chi connectivity index (χ1v) is 10.8. The molecule has 4 rings (SSSR count). The van der Waals surface area contributed by atoms with Crippen LogP contribution in [0.4, 0.5) is 0 Å². The van der Waals surface area contributed by atoms with Gasteiger partial charge >= 0.3 is 7.60 Å². The molecule has 0 unspecified atom stereocenters. The third kappa shape index (κ3) is 3.06. The van der Waals surface area contributed by atoms with E-state index in [1.54, 1.807) is 0 Å². The Bertz CT molecular complexity index is 829. The molecule has 0 aliphatic carbocycles. The third-order valence-corrected chi connectivity index (χ3v) is 7.85. The molecule has 1 aliphatic heterocycles. The summed E-state index contributed by atoms with van der Waals surface area (Å²) in [6.45, 7) is 2.38. The van der Waals surface area contributed by atoms with Crippen LogP contribution in [0.1, 0.15) is 30.0 Å². The van der Waals surface area contributed by atoms with Crippen LogP contribution in [0.25, 0.3) is 0 Å². The summed E-state index contributed by atoms with van der Waals surface area (Å²) >= 11 is 0. The molecule has 27 heavy (non-hydrogen) atoms. The Balaban J connectivity index is 2.09. The van der Waals surface area contributed by atoms with Crippen molar-refractivity contribution in [2.45, 2.75) is 24.6 Å². The number of hydrogen-bond donors (Lipinski definition) is 0. The molecule has 3 nitrogen and oxygen atoms in total. The molecular formula is C23H23O3P. The normalized spacial score (nSPS) is 23.1. The highest BCUT2D eigenvalue weighted by atomic mass is 31.2. The van der Waals surface area contributed by atoms with E-state index < -0.39 is 12.8 Å². The Morgan fingerprint density at radius 1 is 0.778 bits per heavy atom. The molecular weight excluding hydrogens is 355 g/mol. The molecule has 1 saturated heterocycles. The lowest BCUT2D eigenvalue weighted by atomic mass is 9.84. The van der Waals surface area contributed by atoms with E-state index in [0.717, 1.165) is 23.1 Å². The van der Waals surface area contributed by atoms with Crippen molar-refractivity contribution >= 4 is 7.60 Å². The topological polar surface area (TPSA) is 35.5 Å². The van der Waals surface area contributed by atoms with Crippen molar-refractivity contribution in [3.8, 4) is 0 Å². The number of hydrogen-bond acceptors (Lipinski definition) is 3. The van der Waals surface area contributed by atoms with Crippen LogP contribution in [0.2, 0.25) is 0 Å². The molecule has 0 radical (unpaired) electrons. The molecule has 0 aromatic heterocycles. The summed E-state index contributed by atoms with van der Waals surface area (Å²) in [6, 6.07) is 29.7. The molecule has 0 N–H and O–H groups in total. The second-order valence-electron chi connectivity index (χ2n) is 6.84. The molecule has 1 aliphatic rings. The summed E-state index contributed by atoms with van der Waals surface area (Å²) in [6.07, 6.45) is 0.610. The van der Waals surface area contributed by atoms with E-state index >= 15 is 0 Å². The van der Waals surface area contributed by atoms with Crippen LogP contribution in [0.5, 0.6) is 0 Å². The Labute approximate surface area is 160 Å². The van der Waals surface area contributed by atoms with Gasteiger partial charge in [0.2, 0.25) is 0 Å². The van der Waals surface area contributed by atoms with E-state index in [2.05, 4.69) is 0 Å². The van der Waals surface area contributed by atoms with Gasteiger partial charge in [-0.3, -0.25) is 4.57 Å². The van der Waals surface area contributed by atoms with Crippen molar-refractivity contribution in [2.75, 3.05) is 6.61 Å². The maximum absolute atomic E-state index is 14.4. The van der Waals surface area contributed by atoms with Crippen LogP contribution in [0, 0.1) is 0 Å². The Morgan fingerprint density at radius 2 is 1.19 bits per heavy atom. The van der Waals surface area contributed by atoms with Crippen molar-refractivity contribution in [2.24, 2.45) is 0 Å². The fraction of sp³-hybridized carbons (Fsp3) is 0.217. The van der Waals surface area contributed by atoms with Gasteiger partial charge in [0.25, 0.3) is 0 Å². The van der Waals surface area contributed by atoms with Crippen LogP contribution < -0.4 is 0 Å². The molecule has 0 bridgehead atoms. The standard InChI is InChI=1S/C23H23O3P/c1-19-17-18-25-27(24,26-19)23(20-11-5-2-6-12-20,21-13-7-3-8-14-21)22-15-9-4-10-16-22/h2-16,19H,17-18H2,1H3/t19-,27-/m0/s1. The van der Waals surface area contributed by atoms with Gasteiger partial charge in [0.1, 0.15) is 5.16 Å². The van der Waals surface area contributed by atoms with Gasteiger partial charge in [-0.15, -0.1) is 0 Å². The zero-order chi connectivity index (χ0) is 18.7. The molecule has 3 aromatic rings. The largest absolute Gasteiger partial charge is 0.350 e. The minimum absolute atomic E-state index is 0.125. The molecule has 138 valence electrons. The monoisotopic (exact) mass is 378 g/mol. The van der Waals surface area contributed by atoms with Crippen LogP contribution >= 0.6 is 7.60 Å². The highest BCUT2D eigenvalue weighted by Gasteiger charge is 2.56. The van der Waals surface area contributed by atoms with Gasteiger partial charge in [-0.2, -0.15) is 0 Å². The molecule has 0 amide bonds. The van der Waals surface area contributed by atoms with E-state index in [1.807, 2.05) is 97.9 Å². The second kappa shape index (κ2) is 7.44. The van der Waals surface area contributed by atoms with Gasteiger partial charge in [0.15, 0.2) is 0 Å². The summed E-state index contributed by atoms with van der Waals surface area (Å²) in [5, 5.41) is -1.02. The lowest BCUT2D eigenvalue weighted by Gasteiger charge is -2.43. The molecule has 1 heterocycles. The maximum atomic E-state index is 14.4. The van der Waals surface area contributed by atoms with Gasteiger partial charge < -0.3 is 9.05 Å². The van der Waals surface area contributed by atoms with Crippen molar-refractivity contribution in [3.05, 3.63) is 108 Å². The quantitative estimate of drug-likeness (QED) is 0.413. The van der Waals surface area contributed by atoms with Crippen LogP contribution in [0.15, 0.2) is 91.0 Å². The van der Waals surface area contributed by atoms with Crippen LogP contribution in [0.3, 0.4) is 0 Å². The van der Waals surface area contributed by atoms with E-state index in [9.17, 15) is 4.57 Å². The predicted molar refractivity (Wildman–Crippen MR) is 108 cm³/mol. The van der Waals surface area contributed by atoms with E-state index in [4.69, 9.17) is 9.05 Å². The molecule has 4 heteroatoms. The van der Waals surface area contributed by atoms with Gasteiger partial charge in [-0.25, -0.2) is 0 Å².